The van der Waals surface area contributed by atoms with E-state index in [9.17, 15) is 19.5 Å². The van der Waals surface area contributed by atoms with Crippen LogP contribution in [0.3, 0.4) is 0 Å². The van der Waals surface area contributed by atoms with Crippen molar-refractivity contribution in [3.63, 3.8) is 0 Å². The fourth-order valence-electron chi connectivity index (χ4n) is 3.86. The number of hydrogen-bond donors (Lipinski definition) is 1. The lowest BCUT2D eigenvalue weighted by Gasteiger charge is -2.25. The van der Waals surface area contributed by atoms with Gasteiger partial charge in [0, 0.05) is 32.7 Å². The number of ketones is 1. The van der Waals surface area contributed by atoms with Gasteiger partial charge in [-0.05, 0) is 42.3 Å². The van der Waals surface area contributed by atoms with Crippen LogP contribution in [0.5, 0.6) is 17.2 Å². The van der Waals surface area contributed by atoms with Gasteiger partial charge in [0.25, 0.3) is 11.7 Å². The molecule has 1 fully saturated rings. The molecule has 1 atom stereocenters. The van der Waals surface area contributed by atoms with Crippen LogP contribution in [0, 0.1) is 0 Å². The quantitative estimate of drug-likeness (QED) is 0.149. The van der Waals surface area contributed by atoms with E-state index in [1.807, 2.05) is 0 Å². The predicted octanol–water partition coefficient (Wildman–Crippen LogP) is 3.09. The lowest BCUT2D eigenvalue weighted by molar-refractivity contribution is -0.140. The number of carbonyl (C=O) groups is 3. The molecule has 0 aliphatic carbocycles. The molecule has 0 aromatic heterocycles. The first-order chi connectivity index (χ1) is 16.3. The second-order valence-electron chi connectivity index (χ2n) is 7.57. The third-order valence-electron chi connectivity index (χ3n) is 5.40. The second-order valence-corrected chi connectivity index (χ2v) is 7.57. The molecule has 1 heterocycles. The molecule has 1 unspecified atom stereocenters. The number of benzene rings is 2. The standard InChI is InChI=1S/C25H27NO8/c1-15(27)34-18-9-6-16(7-10-18)22-21(24(29)25(30)26(22)12-5-13-31-2)23(28)17-8-11-19(32-3)20(14-17)33-4/h6-11,14,22,28H,5,12-13H2,1-4H3/b23-21-. The molecular weight excluding hydrogens is 442 g/mol. The highest BCUT2D eigenvalue weighted by Crippen LogP contribution is 2.41. The largest absolute Gasteiger partial charge is 0.507 e. The minimum Gasteiger partial charge on any atom is -0.507 e. The summed E-state index contributed by atoms with van der Waals surface area (Å²) in [6.07, 6.45) is 0.502. The van der Waals surface area contributed by atoms with Crippen LogP contribution in [0.25, 0.3) is 5.76 Å². The summed E-state index contributed by atoms with van der Waals surface area (Å²) < 4.78 is 20.7. The van der Waals surface area contributed by atoms with Gasteiger partial charge in [-0.15, -0.1) is 0 Å². The van der Waals surface area contributed by atoms with Crippen LogP contribution in [0.1, 0.15) is 30.5 Å². The van der Waals surface area contributed by atoms with E-state index in [-0.39, 0.29) is 17.9 Å². The molecule has 1 aliphatic heterocycles. The number of ether oxygens (including phenoxy) is 4. The van der Waals surface area contributed by atoms with Crippen molar-refractivity contribution < 1.29 is 38.4 Å². The summed E-state index contributed by atoms with van der Waals surface area (Å²) in [5.41, 5.74) is 0.832. The van der Waals surface area contributed by atoms with Gasteiger partial charge in [0.2, 0.25) is 0 Å². The Bertz CT molecular complexity index is 1110. The topological polar surface area (TPSA) is 112 Å². The van der Waals surface area contributed by atoms with Gasteiger partial charge >= 0.3 is 5.97 Å². The summed E-state index contributed by atoms with van der Waals surface area (Å²) in [5, 5.41) is 11.2. The molecule has 0 saturated carbocycles. The highest BCUT2D eigenvalue weighted by molar-refractivity contribution is 6.46. The SMILES string of the molecule is COCCCN1C(=O)C(=O)/C(=C(\O)c2ccc(OC)c(OC)c2)C1c1ccc(OC(C)=O)cc1. The molecule has 0 bridgehead atoms. The predicted molar refractivity (Wildman–Crippen MR) is 123 cm³/mol. The van der Waals surface area contributed by atoms with Gasteiger partial charge in [-0.25, -0.2) is 0 Å². The molecule has 0 radical (unpaired) electrons. The van der Waals surface area contributed by atoms with Crippen molar-refractivity contribution in [2.45, 2.75) is 19.4 Å². The van der Waals surface area contributed by atoms with E-state index >= 15 is 0 Å². The minimum absolute atomic E-state index is 0.0464. The second kappa shape index (κ2) is 10.8. The molecule has 9 heteroatoms. The number of aliphatic hydroxyl groups excluding tert-OH is 1. The Kier molecular flexibility index (Phi) is 7.91. The van der Waals surface area contributed by atoms with Gasteiger partial charge in [0.15, 0.2) is 11.5 Å². The van der Waals surface area contributed by atoms with Crippen LogP contribution >= 0.6 is 0 Å². The number of methoxy groups -OCH3 is 3. The van der Waals surface area contributed by atoms with Crippen molar-refractivity contribution in [2.24, 2.45) is 0 Å². The number of hydrogen-bond acceptors (Lipinski definition) is 8. The first kappa shape index (κ1) is 24.8. The van der Waals surface area contributed by atoms with E-state index in [1.54, 1.807) is 43.5 Å². The lowest BCUT2D eigenvalue weighted by atomic mass is 9.95. The Morgan fingerprint density at radius 2 is 1.68 bits per heavy atom. The van der Waals surface area contributed by atoms with Gasteiger partial charge in [0.1, 0.15) is 11.5 Å². The Morgan fingerprint density at radius 1 is 1.00 bits per heavy atom. The maximum atomic E-state index is 13.1. The maximum Gasteiger partial charge on any atom is 0.308 e. The van der Waals surface area contributed by atoms with Crippen molar-refractivity contribution >= 4 is 23.4 Å². The fourth-order valence-corrected chi connectivity index (χ4v) is 3.86. The average Bonchev–Trinajstić information content (AvgIpc) is 3.08. The summed E-state index contributed by atoms with van der Waals surface area (Å²) >= 11 is 0. The van der Waals surface area contributed by atoms with Crippen LogP contribution in [0.15, 0.2) is 48.0 Å². The molecule has 1 amide bonds. The number of Topliss-reactive ketones (excluding diaryl/α,β-unsaturated/α-hetero) is 1. The zero-order valence-corrected chi connectivity index (χ0v) is 19.5. The molecule has 0 spiro atoms. The van der Waals surface area contributed by atoms with Crippen LogP contribution in [0.2, 0.25) is 0 Å². The van der Waals surface area contributed by atoms with Crippen molar-refractivity contribution in [3.8, 4) is 17.2 Å². The van der Waals surface area contributed by atoms with Gasteiger partial charge in [-0.3, -0.25) is 14.4 Å². The number of aliphatic hydroxyl groups is 1. The van der Waals surface area contributed by atoms with E-state index in [4.69, 9.17) is 18.9 Å². The van der Waals surface area contributed by atoms with Crippen molar-refractivity contribution in [3.05, 3.63) is 59.2 Å². The van der Waals surface area contributed by atoms with Crippen LogP contribution < -0.4 is 14.2 Å². The van der Waals surface area contributed by atoms with E-state index in [1.165, 1.54) is 32.1 Å². The molecule has 2 aromatic rings. The maximum absolute atomic E-state index is 13.1. The summed E-state index contributed by atoms with van der Waals surface area (Å²) in [5.74, 6) is -1.16. The first-order valence-corrected chi connectivity index (χ1v) is 10.6. The molecule has 3 rings (SSSR count). The van der Waals surface area contributed by atoms with E-state index < -0.39 is 23.7 Å². The number of rotatable bonds is 9. The summed E-state index contributed by atoms with van der Waals surface area (Å²) in [6.45, 7) is 1.94. The van der Waals surface area contributed by atoms with Gasteiger partial charge in [0.05, 0.1) is 25.8 Å². The Hall–Kier alpha value is -3.85. The van der Waals surface area contributed by atoms with E-state index in [0.29, 0.717) is 41.4 Å². The number of amides is 1. The Balaban J connectivity index is 2.11. The summed E-state index contributed by atoms with van der Waals surface area (Å²) in [6, 6.07) is 10.3. The average molecular weight is 469 g/mol. The summed E-state index contributed by atoms with van der Waals surface area (Å²) in [4.78, 5) is 38.7. The number of esters is 1. The zero-order chi connectivity index (χ0) is 24.8. The zero-order valence-electron chi connectivity index (χ0n) is 19.5. The molecule has 9 nitrogen and oxygen atoms in total. The van der Waals surface area contributed by atoms with Crippen LogP contribution in [-0.4, -0.2) is 62.1 Å². The number of nitrogens with zero attached hydrogens (tertiary/aromatic N) is 1. The minimum atomic E-state index is -0.837. The van der Waals surface area contributed by atoms with Crippen molar-refractivity contribution in [2.75, 3.05) is 34.5 Å². The molecule has 1 N–H and O–H groups in total. The van der Waals surface area contributed by atoms with E-state index in [0.717, 1.165) is 0 Å². The fraction of sp³-hybridized carbons (Fsp3) is 0.320. The Labute approximate surface area is 197 Å². The molecular formula is C25H27NO8. The Morgan fingerprint density at radius 3 is 2.26 bits per heavy atom. The van der Waals surface area contributed by atoms with E-state index in [2.05, 4.69) is 0 Å². The lowest BCUT2D eigenvalue weighted by Crippen LogP contribution is -2.31. The highest BCUT2D eigenvalue weighted by atomic mass is 16.5. The monoisotopic (exact) mass is 469 g/mol. The van der Waals surface area contributed by atoms with Gasteiger partial charge in [-0.2, -0.15) is 0 Å². The van der Waals surface area contributed by atoms with Crippen LogP contribution in [-0.2, 0) is 19.1 Å². The normalized spacial score (nSPS) is 17.1. The molecule has 34 heavy (non-hydrogen) atoms. The smallest absolute Gasteiger partial charge is 0.308 e. The first-order valence-electron chi connectivity index (χ1n) is 10.6. The number of carbonyl (C=O) groups excluding carboxylic acids is 3. The van der Waals surface area contributed by atoms with Crippen molar-refractivity contribution in [1.29, 1.82) is 0 Å². The highest BCUT2D eigenvalue weighted by Gasteiger charge is 2.45. The van der Waals surface area contributed by atoms with Crippen LogP contribution in [0.4, 0.5) is 0 Å². The third-order valence-corrected chi connectivity index (χ3v) is 5.40. The molecule has 2 aromatic carbocycles. The van der Waals surface area contributed by atoms with Gasteiger partial charge < -0.3 is 29.0 Å². The molecule has 1 aliphatic rings. The van der Waals surface area contributed by atoms with Crippen molar-refractivity contribution in [1.82, 2.24) is 4.90 Å². The third kappa shape index (κ3) is 5.04. The molecule has 180 valence electrons. The summed E-state index contributed by atoms with van der Waals surface area (Å²) in [7, 11) is 4.50. The van der Waals surface area contributed by atoms with Gasteiger partial charge in [-0.1, -0.05) is 12.1 Å². The molecule has 1 saturated heterocycles. The number of likely N-dealkylation sites (tertiary alicyclic amines) is 1.